The Hall–Kier alpha value is -0.160. The van der Waals surface area contributed by atoms with E-state index in [2.05, 4.69) is 54.3 Å². The summed E-state index contributed by atoms with van der Waals surface area (Å²) in [5.41, 5.74) is 1.25. The topological polar surface area (TPSA) is 33.3 Å². The number of hydrogen-bond acceptors (Lipinski definition) is 3. The summed E-state index contributed by atoms with van der Waals surface area (Å²) in [4.78, 5) is 0. The normalized spacial score (nSPS) is 20.1. The highest BCUT2D eigenvalue weighted by atomic mass is 79.9. The third-order valence-electron chi connectivity index (χ3n) is 3.79. The minimum absolute atomic E-state index is 0. The molecule has 3 nitrogen and oxygen atoms in total. The van der Waals surface area contributed by atoms with Crippen LogP contribution in [0.3, 0.4) is 0 Å². The van der Waals surface area contributed by atoms with Crippen molar-refractivity contribution in [1.82, 2.24) is 5.32 Å². The second-order valence-electron chi connectivity index (χ2n) is 7.11. The quantitative estimate of drug-likeness (QED) is 0.711. The molecular weight excluding hydrogens is 387 g/mol. The van der Waals surface area contributed by atoms with Crippen molar-refractivity contribution in [1.29, 1.82) is 0 Å². The lowest BCUT2D eigenvalue weighted by Crippen LogP contribution is -2.60. The van der Waals surface area contributed by atoms with Gasteiger partial charge in [0, 0.05) is 27.7 Å². The van der Waals surface area contributed by atoms with Crippen LogP contribution in [-0.2, 0) is 0 Å². The van der Waals surface area contributed by atoms with Crippen LogP contribution in [-0.4, -0.2) is 24.2 Å². The zero-order valence-electron chi connectivity index (χ0n) is 13.7. The molecule has 2 rings (SSSR count). The molecule has 1 fully saturated rings. The number of hydrogen-bond donors (Lipinski definition) is 2. The molecule has 1 aromatic carbocycles. The number of halogens is 3. The van der Waals surface area contributed by atoms with E-state index in [4.69, 9.17) is 16.3 Å². The Morgan fingerprint density at radius 1 is 1.23 bits per heavy atom. The van der Waals surface area contributed by atoms with Crippen molar-refractivity contribution in [3.63, 3.8) is 0 Å². The molecule has 0 aromatic heterocycles. The van der Waals surface area contributed by atoms with E-state index in [-0.39, 0.29) is 23.5 Å². The molecule has 0 bridgehead atoms. The number of piperidine rings is 1. The van der Waals surface area contributed by atoms with Crippen LogP contribution in [0, 0.1) is 0 Å². The number of ether oxygens (including phenoxy) is 1. The summed E-state index contributed by atoms with van der Waals surface area (Å²) in [6, 6.07) is 4.23. The maximum Gasteiger partial charge on any atom is 0.139 e. The predicted octanol–water partition coefficient (Wildman–Crippen LogP) is 5.25. The van der Waals surface area contributed by atoms with Crippen LogP contribution in [0.25, 0.3) is 0 Å². The highest BCUT2D eigenvalue weighted by molar-refractivity contribution is 9.10. The summed E-state index contributed by atoms with van der Waals surface area (Å²) in [5.74, 6) is 0.690. The monoisotopic (exact) mass is 410 g/mol. The van der Waals surface area contributed by atoms with Gasteiger partial charge in [-0.15, -0.1) is 12.4 Å². The summed E-state index contributed by atoms with van der Waals surface area (Å²) in [6.07, 6.45) is 2.13. The Morgan fingerprint density at radius 3 is 2.27 bits per heavy atom. The first kappa shape index (κ1) is 19.9. The number of anilines is 1. The molecular formula is C16H25BrCl2N2O. The second kappa shape index (κ2) is 7.16. The van der Waals surface area contributed by atoms with Crippen molar-refractivity contribution in [2.45, 2.75) is 57.7 Å². The number of methoxy groups -OCH3 is 1. The van der Waals surface area contributed by atoms with Crippen molar-refractivity contribution in [2.75, 3.05) is 12.4 Å². The maximum absolute atomic E-state index is 6.14. The van der Waals surface area contributed by atoms with Gasteiger partial charge in [0.2, 0.25) is 0 Å². The van der Waals surface area contributed by atoms with Crippen molar-refractivity contribution >= 4 is 45.6 Å². The van der Waals surface area contributed by atoms with E-state index in [9.17, 15) is 0 Å². The second-order valence-corrected chi connectivity index (χ2v) is 8.37. The molecule has 1 aromatic rings. The Bertz CT molecular complexity index is 519. The van der Waals surface area contributed by atoms with Gasteiger partial charge in [-0.05, 0) is 62.5 Å². The van der Waals surface area contributed by atoms with Crippen LogP contribution in [0.15, 0.2) is 16.6 Å². The predicted molar refractivity (Wildman–Crippen MR) is 101 cm³/mol. The van der Waals surface area contributed by atoms with E-state index < -0.39 is 0 Å². The average molecular weight is 412 g/mol. The van der Waals surface area contributed by atoms with E-state index in [1.165, 1.54) is 0 Å². The smallest absolute Gasteiger partial charge is 0.139 e. The molecule has 1 aliphatic rings. The van der Waals surface area contributed by atoms with Gasteiger partial charge in [0.15, 0.2) is 0 Å². The first-order valence-electron chi connectivity index (χ1n) is 7.21. The summed E-state index contributed by atoms with van der Waals surface area (Å²) in [7, 11) is 1.63. The lowest BCUT2D eigenvalue weighted by atomic mass is 9.79. The van der Waals surface area contributed by atoms with E-state index in [0.29, 0.717) is 16.8 Å². The molecule has 0 radical (unpaired) electrons. The Balaban J connectivity index is 0.00000242. The molecule has 0 unspecified atom stereocenters. The van der Waals surface area contributed by atoms with E-state index in [1.54, 1.807) is 7.11 Å². The Labute approximate surface area is 153 Å². The van der Waals surface area contributed by atoms with Crippen LogP contribution < -0.4 is 15.4 Å². The maximum atomic E-state index is 6.14. The molecule has 0 saturated carbocycles. The summed E-state index contributed by atoms with van der Waals surface area (Å²) in [5, 5.41) is 7.95. The Kier molecular flexibility index (Phi) is 6.48. The van der Waals surface area contributed by atoms with Crippen LogP contribution in [0.2, 0.25) is 5.02 Å². The SMILES string of the molecule is COc1cc(NC2CC(C)(C)NC(C)(C)C2)c(Br)cc1Cl.Cl. The number of rotatable bonds is 3. The average Bonchev–Trinajstić information content (AvgIpc) is 2.28. The van der Waals surface area contributed by atoms with Gasteiger partial charge in [-0.2, -0.15) is 0 Å². The first-order valence-corrected chi connectivity index (χ1v) is 8.38. The van der Waals surface area contributed by atoms with Gasteiger partial charge in [-0.3, -0.25) is 0 Å². The third kappa shape index (κ3) is 4.92. The molecule has 126 valence electrons. The molecule has 0 atom stereocenters. The fourth-order valence-corrected chi connectivity index (χ4v) is 4.27. The number of nitrogens with one attached hydrogen (secondary N) is 2. The van der Waals surface area contributed by atoms with Crippen molar-refractivity contribution in [3.8, 4) is 5.75 Å². The minimum atomic E-state index is 0. The molecule has 1 saturated heterocycles. The molecule has 1 heterocycles. The summed E-state index contributed by atoms with van der Waals surface area (Å²) >= 11 is 9.72. The lowest BCUT2D eigenvalue weighted by molar-refractivity contribution is 0.170. The Morgan fingerprint density at radius 2 is 1.77 bits per heavy atom. The van der Waals surface area contributed by atoms with Crippen molar-refractivity contribution in [2.24, 2.45) is 0 Å². The zero-order chi connectivity index (χ0) is 15.8. The van der Waals surface area contributed by atoms with Crippen LogP contribution in [0.4, 0.5) is 5.69 Å². The van der Waals surface area contributed by atoms with Crippen LogP contribution >= 0.6 is 39.9 Å². The largest absolute Gasteiger partial charge is 0.495 e. The fraction of sp³-hybridized carbons (Fsp3) is 0.625. The van der Waals surface area contributed by atoms with E-state index in [0.717, 1.165) is 23.0 Å². The van der Waals surface area contributed by atoms with Gasteiger partial charge in [-0.25, -0.2) is 0 Å². The number of benzene rings is 1. The fourth-order valence-electron chi connectivity index (χ4n) is 3.44. The van der Waals surface area contributed by atoms with Crippen LogP contribution in [0.5, 0.6) is 5.75 Å². The highest BCUT2D eigenvalue weighted by Gasteiger charge is 2.37. The molecule has 1 aliphatic heterocycles. The van der Waals surface area contributed by atoms with Crippen molar-refractivity contribution in [3.05, 3.63) is 21.6 Å². The van der Waals surface area contributed by atoms with Gasteiger partial charge in [-0.1, -0.05) is 11.6 Å². The van der Waals surface area contributed by atoms with Crippen molar-refractivity contribution < 1.29 is 4.74 Å². The van der Waals surface area contributed by atoms with E-state index >= 15 is 0 Å². The molecule has 0 amide bonds. The summed E-state index contributed by atoms with van der Waals surface area (Å²) in [6.45, 7) is 9.00. The summed E-state index contributed by atoms with van der Waals surface area (Å²) < 4.78 is 6.27. The van der Waals surface area contributed by atoms with Crippen LogP contribution in [0.1, 0.15) is 40.5 Å². The lowest BCUT2D eigenvalue weighted by Gasteiger charge is -2.47. The van der Waals surface area contributed by atoms with Gasteiger partial charge in [0.1, 0.15) is 5.75 Å². The van der Waals surface area contributed by atoms with Gasteiger partial charge in [0.25, 0.3) is 0 Å². The van der Waals surface area contributed by atoms with Gasteiger partial charge < -0.3 is 15.4 Å². The zero-order valence-corrected chi connectivity index (χ0v) is 16.9. The molecule has 0 aliphatic carbocycles. The van der Waals surface area contributed by atoms with Gasteiger partial charge in [0.05, 0.1) is 17.8 Å². The van der Waals surface area contributed by atoms with Gasteiger partial charge >= 0.3 is 0 Å². The third-order valence-corrected chi connectivity index (χ3v) is 4.74. The molecule has 0 spiro atoms. The standard InChI is InChI=1S/C16H24BrClN2O.ClH/c1-15(2)8-10(9-16(3,4)20-15)19-13-7-14(21-5)12(18)6-11(13)17;/h6-7,10,19-20H,8-9H2,1-5H3;1H. The molecule has 22 heavy (non-hydrogen) atoms. The minimum Gasteiger partial charge on any atom is -0.495 e. The molecule has 2 N–H and O–H groups in total. The first-order chi connectivity index (χ1) is 9.62. The van der Waals surface area contributed by atoms with E-state index in [1.807, 2.05) is 12.1 Å². The molecule has 6 heteroatoms. The highest BCUT2D eigenvalue weighted by Crippen LogP contribution is 2.37.